The fourth-order valence-corrected chi connectivity index (χ4v) is 4.71. The van der Waals surface area contributed by atoms with Gasteiger partial charge < -0.3 is 29.9 Å². The molecule has 7 heteroatoms. The Bertz CT molecular complexity index is 913. The van der Waals surface area contributed by atoms with Gasteiger partial charge in [0.2, 0.25) is 0 Å². The summed E-state index contributed by atoms with van der Waals surface area (Å²) in [6.45, 7) is 2.16. The average Bonchev–Trinajstić information content (AvgIpc) is 2.80. The van der Waals surface area contributed by atoms with E-state index >= 15 is 0 Å². The lowest BCUT2D eigenvalue weighted by Gasteiger charge is -2.41. The molecule has 4 N–H and O–H groups in total. The number of aryl methyl sites for hydroxylation is 1. The Morgan fingerprint density at radius 1 is 1.03 bits per heavy atom. The summed E-state index contributed by atoms with van der Waals surface area (Å²) in [5, 5.41) is 41.3. The number of aliphatic hydroxyl groups is 4. The van der Waals surface area contributed by atoms with Crippen LogP contribution in [0.15, 0.2) is 30.3 Å². The number of benzene rings is 2. The maximum atomic E-state index is 10.7. The van der Waals surface area contributed by atoms with Gasteiger partial charge in [-0.15, -0.1) is 0 Å². The van der Waals surface area contributed by atoms with Crippen LogP contribution in [0.1, 0.15) is 47.3 Å². The first kappa shape index (κ1) is 22.5. The van der Waals surface area contributed by atoms with Gasteiger partial charge in [0.25, 0.3) is 0 Å². The van der Waals surface area contributed by atoms with Gasteiger partial charge in [-0.1, -0.05) is 42.8 Å². The van der Waals surface area contributed by atoms with Gasteiger partial charge in [-0.3, -0.25) is 0 Å². The minimum atomic E-state index is -1.45. The van der Waals surface area contributed by atoms with E-state index in [1.807, 2.05) is 6.07 Å². The van der Waals surface area contributed by atoms with Crippen molar-refractivity contribution >= 4 is 11.6 Å². The lowest BCUT2D eigenvalue weighted by atomic mass is 9.87. The lowest BCUT2D eigenvalue weighted by molar-refractivity contribution is -0.232. The number of ether oxygens (including phenoxy) is 2. The summed E-state index contributed by atoms with van der Waals surface area (Å²) in [4.78, 5) is 0. The highest BCUT2D eigenvalue weighted by Gasteiger charge is 2.45. The quantitative estimate of drug-likeness (QED) is 0.560. The van der Waals surface area contributed by atoms with Crippen LogP contribution in [0.4, 0.5) is 0 Å². The molecule has 0 spiro atoms. The fraction of sp³-hybridized carbons (Fsp3) is 0.500. The maximum absolute atomic E-state index is 10.7. The Kier molecular flexibility index (Phi) is 6.86. The van der Waals surface area contributed by atoms with Crippen molar-refractivity contribution in [1.82, 2.24) is 0 Å². The van der Waals surface area contributed by atoms with Crippen LogP contribution in [-0.2, 0) is 24.0 Å². The van der Waals surface area contributed by atoms with Crippen LogP contribution in [0.25, 0.3) is 0 Å². The number of hydrogen-bond acceptors (Lipinski definition) is 6. The average molecular weight is 449 g/mol. The number of rotatable bonds is 5. The molecule has 2 aliphatic rings. The molecule has 0 aromatic heterocycles. The predicted molar refractivity (Wildman–Crippen MR) is 117 cm³/mol. The molecule has 2 aromatic carbocycles. The maximum Gasteiger partial charge on any atom is 0.129 e. The van der Waals surface area contributed by atoms with Crippen molar-refractivity contribution in [2.75, 3.05) is 13.2 Å². The molecule has 0 amide bonds. The minimum absolute atomic E-state index is 0.477. The topological polar surface area (TPSA) is 99.4 Å². The second kappa shape index (κ2) is 9.45. The molecule has 2 aromatic rings. The van der Waals surface area contributed by atoms with Gasteiger partial charge in [-0.2, -0.15) is 0 Å². The molecule has 1 fully saturated rings. The Morgan fingerprint density at radius 2 is 1.74 bits per heavy atom. The van der Waals surface area contributed by atoms with Crippen LogP contribution < -0.4 is 4.74 Å². The van der Waals surface area contributed by atoms with E-state index in [1.54, 1.807) is 0 Å². The van der Waals surface area contributed by atoms with E-state index in [0.717, 1.165) is 36.0 Å². The second-order valence-electron chi connectivity index (χ2n) is 8.29. The Balaban J connectivity index is 1.75. The van der Waals surface area contributed by atoms with Crippen molar-refractivity contribution < 1.29 is 29.9 Å². The van der Waals surface area contributed by atoms with E-state index in [2.05, 4.69) is 31.2 Å². The molecule has 0 saturated carbocycles. The molecule has 0 aliphatic carbocycles. The zero-order valence-electron chi connectivity index (χ0n) is 17.5. The standard InChI is InChI=1S/C24H29ClO6/c1-2-13-5-7-14(8-6-13)10-15-11-17(23-16(19(15)25)4-3-9-30-23)24-22(29)21(28)20(27)18(12-26)31-24/h5-8,11,18,20-22,24,26-29H,2-4,9-10,12H2,1H3/t18-,20-,21+,22-,24+/m0/s1. The highest BCUT2D eigenvalue weighted by molar-refractivity contribution is 6.32. The van der Waals surface area contributed by atoms with Gasteiger partial charge in [0.1, 0.15) is 36.3 Å². The molecule has 1 saturated heterocycles. The van der Waals surface area contributed by atoms with E-state index in [1.165, 1.54) is 5.56 Å². The minimum Gasteiger partial charge on any atom is -0.493 e. The van der Waals surface area contributed by atoms with E-state index in [-0.39, 0.29) is 0 Å². The zero-order chi connectivity index (χ0) is 22.1. The van der Waals surface area contributed by atoms with E-state index in [4.69, 9.17) is 21.1 Å². The number of halogens is 1. The molecule has 5 atom stereocenters. The first-order valence-corrected chi connectivity index (χ1v) is 11.2. The summed E-state index contributed by atoms with van der Waals surface area (Å²) < 4.78 is 11.7. The molecule has 6 nitrogen and oxygen atoms in total. The predicted octanol–water partition coefficient (Wildman–Crippen LogP) is 2.33. The summed E-state index contributed by atoms with van der Waals surface area (Å²) in [6.07, 6.45) is -3.03. The molecule has 31 heavy (non-hydrogen) atoms. The normalized spacial score (nSPS) is 28.1. The van der Waals surface area contributed by atoms with Crippen LogP contribution in [0, 0.1) is 0 Å². The van der Waals surface area contributed by atoms with E-state index < -0.39 is 37.1 Å². The summed E-state index contributed by atoms with van der Waals surface area (Å²) in [6, 6.07) is 10.2. The van der Waals surface area contributed by atoms with Gasteiger partial charge >= 0.3 is 0 Å². The molecule has 0 unspecified atom stereocenters. The first-order chi connectivity index (χ1) is 14.9. The van der Waals surface area contributed by atoms with Crippen LogP contribution in [0.3, 0.4) is 0 Å². The van der Waals surface area contributed by atoms with Gasteiger partial charge in [0, 0.05) is 11.1 Å². The smallest absolute Gasteiger partial charge is 0.129 e. The number of aliphatic hydroxyl groups excluding tert-OH is 4. The molecule has 168 valence electrons. The molecule has 2 heterocycles. The third-order valence-corrected chi connectivity index (χ3v) is 6.73. The first-order valence-electron chi connectivity index (χ1n) is 10.8. The van der Waals surface area contributed by atoms with Gasteiger partial charge in [0.15, 0.2) is 0 Å². The molecule has 2 aliphatic heterocycles. The van der Waals surface area contributed by atoms with Gasteiger partial charge in [-0.05, 0) is 48.4 Å². The summed E-state index contributed by atoms with van der Waals surface area (Å²) in [5.41, 5.74) is 4.69. The largest absolute Gasteiger partial charge is 0.493 e. The molecule has 0 radical (unpaired) electrons. The lowest BCUT2D eigenvalue weighted by Crippen LogP contribution is -2.55. The number of fused-ring (bicyclic) bond motifs is 1. The van der Waals surface area contributed by atoms with Crippen LogP contribution >= 0.6 is 11.6 Å². The van der Waals surface area contributed by atoms with Crippen molar-refractivity contribution in [3.63, 3.8) is 0 Å². The van der Waals surface area contributed by atoms with Crippen LogP contribution in [-0.4, -0.2) is 58.1 Å². The third kappa shape index (κ3) is 4.33. The van der Waals surface area contributed by atoms with Crippen molar-refractivity contribution in [2.24, 2.45) is 0 Å². The number of hydrogen-bond donors (Lipinski definition) is 4. The Morgan fingerprint density at radius 3 is 2.42 bits per heavy atom. The zero-order valence-corrected chi connectivity index (χ0v) is 18.3. The molecule has 0 bridgehead atoms. The molecular weight excluding hydrogens is 420 g/mol. The SMILES string of the molecule is CCc1ccc(Cc2cc([C@H]3O[C@@H](CO)[C@H](O)[C@@H](O)[C@@H]3O)c3c(c2Cl)CCCO3)cc1. The summed E-state index contributed by atoms with van der Waals surface area (Å²) in [7, 11) is 0. The molecule has 4 rings (SSSR count). The fourth-order valence-electron chi connectivity index (χ4n) is 4.41. The third-order valence-electron chi connectivity index (χ3n) is 6.25. The van der Waals surface area contributed by atoms with Gasteiger partial charge in [0.05, 0.1) is 18.2 Å². The second-order valence-corrected chi connectivity index (χ2v) is 8.67. The van der Waals surface area contributed by atoms with Gasteiger partial charge in [-0.25, -0.2) is 0 Å². The monoisotopic (exact) mass is 448 g/mol. The van der Waals surface area contributed by atoms with Crippen molar-refractivity contribution in [3.8, 4) is 5.75 Å². The van der Waals surface area contributed by atoms with E-state index in [0.29, 0.717) is 29.4 Å². The highest BCUT2D eigenvalue weighted by Crippen LogP contribution is 2.44. The van der Waals surface area contributed by atoms with Crippen molar-refractivity contribution in [2.45, 2.75) is 63.1 Å². The summed E-state index contributed by atoms with van der Waals surface area (Å²) in [5.74, 6) is 0.561. The van der Waals surface area contributed by atoms with E-state index in [9.17, 15) is 20.4 Å². The van der Waals surface area contributed by atoms with Crippen molar-refractivity contribution in [1.29, 1.82) is 0 Å². The molecular formula is C24H29ClO6. The van der Waals surface area contributed by atoms with Crippen molar-refractivity contribution in [3.05, 3.63) is 63.2 Å². The summed E-state index contributed by atoms with van der Waals surface area (Å²) >= 11 is 6.78. The van der Waals surface area contributed by atoms with Crippen LogP contribution in [0.5, 0.6) is 5.75 Å². The van der Waals surface area contributed by atoms with Crippen LogP contribution in [0.2, 0.25) is 5.02 Å². The Hall–Kier alpha value is -1.67. The Labute approximate surface area is 187 Å². The highest BCUT2D eigenvalue weighted by atomic mass is 35.5.